The number of nitro benzene ring substituents is 1. The summed E-state index contributed by atoms with van der Waals surface area (Å²) < 4.78 is 0. The Hall–Kier alpha value is -3.98. The molecule has 0 spiro atoms. The van der Waals surface area contributed by atoms with Crippen molar-refractivity contribution in [2.75, 3.05) is 5.73 Å². The Kier molecular flexibility index (Phi) is 8.15. The second-order valence-corrected chi connectivity index (χ2v) is 9.45. The molecule has 0 aromatic heterocycles. The molecular formula is C26H18N2O4S2. The third-order valence-corrected chi connectivity index (χ3v) is 5.87. The van der Waals surface area contributed by atoms with E-state index >= 15 is 0 Å². The molecule has 0 aliphatic rings. The van der Waals surface area contributed by atoms with Gasteiger partial charge in [0.15, 0.2) is 10.2 Å². The first-order chi connectivity index (χ1) is 16.2. The first-order valence-electron chi connectivity index (χ1n) is 9.90. The van der Waals surface area contributed by atoms with Crippen LogP contribution in [-0.2, 0) is 9.59 Å². The highest BCUT2D eigenvalue weighted by Crippen LogP contribution is 2.25. The van der Waals surface area contributed by atoms with Crippen molar-refractivity contribution in [3.05, 3.63) is 93.0 Å². The molecule has 0 heterocycles. The van der Waals surface area contributed by atoms with E-state index in [0.29, 0.717) is 16.7 Å². The van der Waals surface area contributed by atoms with Gasteiger partial charge in [0.05, 0.1) is 10.5 Å². The summed E-state index contributed by atoms with van der Waals surface area (Å²) in [5, 5.41) is 11.6. The first-order valence-corrected chi connectivity index (χ1v) is 11.5. The molecule has 0 fully saturated rings. The Morgan fingerprint density at radius 3 is 1.62 bits per heavy atom. The van der Waals surface area contributed by atoms with E-state index in [9.17, 15) is 19.7 Å². The number of nitro groups is 1. The molecule has 0 saturated heterocycles. The van der Waals surface area contributed by atoms with Gasteiger partial charge in [-0.2, -0.15) is 0 Å². The van der Waals surface area contributed by atoms with Crippen LogP contribution in [0.25, 0.3) is 0 Å². The van der Waals surface area contributed by atoms with Crippen LogP contribution in [0, 0.1) is 33.8 Å². The van der Waals surface area contributed by atoms with E-state index in [1.54, 1.807) is 48.5 Å². The SMILES string of the molecule is CC(=O)Sc1ccc(C#Cc2cc([N+](=O)[O-])c(C#Cc3ccc(SC(C)=O)cc3)cc2N)cc1. The fourth-order valence-corrected chi connectivity index (χ4v) is 4.00. The Bertz CT molecular complexity index is 1390. The van der Waals surface area contributed by atoms with Gasteiger partial charge in [0.1, 0.15) is 5.56 Å². The van der Waals surface area contributed by atoms with Crippen LogP contribution in [0.4, 0.5) is 11.4 Å². The summed E-state index contributed by atoms with van der Waals surface area (Å²) in [5.74, 6) is 11.5. The zero-order chi connectivity index (χ0) is 24.7. The number of anilines is 1. The van der Waals surface area contributed by atoms with Crippen molar-refractivity contribution in [2.24, 2.45) is 0 Å². The van der Waals surface area contributed by atoms with Gasteiger partial charge < -0.3 is 5.73 Å². The number of hydrogen-bond acceptors (Lipinski definition) is 7. The lowest BCUT2D eigenvalue weighted by Gasteiger charge is -2.02. The molecule has 3 aromatic carbocycles. The van der Waals surface area contributed by atoms with E-state index in [0.717, 1.165) is 33.3 Å². The van der Waals surface area contributed by atoms with Crippen molar-refractivity contribution in [2.45, 2.75) is 23.6 Å². The molecule has 0 aliphatic heterocycles. The van der Waals surface area contributed by atoms with E-state index in [-0.39, 0.29) is 27.2 Å². The molecule has 0 atom stereocenters. The summed E-state index contributed by atoms with van der Waals surface area (Å²) in [6.45, 7) is 2.98. The molecule has 3 aromatic rings. The van der Waals surface area contributed by atoms with Crippen LogP contribution < -0.4 is 5.73 Å². The van der Waals surface area contributed by atoms with Crippen LogP contribution in [0.3, 0.4) is 0 Å². The minimum Gasteiger partial charge on any atom is -0.398 e. The predicted octanol–water partition coefficient (Wildman–Crippen LogP) is 5.25. The van der Waals surface area contributed by atoms with Gasteiger partial charge in [-0.1, -0.05) is 47.2 Å². The van der Waals surface area contributed by atoms with Crippen molar-refractivity contribution < 1.29 is 14.5 Å². The predicted molar refractivity (Wildman–Crippen MR) is 135 cm³/mol. The normalized spacial score (nSPS) is 9.82. The highest BCUT2D eigenvalue weighted by Gasteiger charge is 2.15. The fraction of sp³-hybridized carbons (Fsp3) is 0.0769. The second kappa shape index (κ2) is 11.2. The molecule has 8 heteroatoms. The Labute approximate surface area is 205 Å². The quantitative estimate of drug-likeness (QED) is 0.177. The fourth-order valence-electron chi connectivity index (χ4n) is 2.79. The molecular weight excluding hydrogens is 468 g/mol. The molecule has 3 rings (SSSR count). The summed E-state index contributed by atoms with van der Waals surface area (Å²) in [7, 11) is 0. The summed E-state index contributed by atoms with van der Waals surface area (Å²) in [6.07, 6.45) is 0. The number of nitrogen functional groups attached to an aromatic ring is 1. The summed E-state index contributed by atoms with van der Waals surface area (Å²) in [5.41, 5.74) is 8.03. The molecule has 168 valence electrons. The van der Waals surface area contributed by atoms with Gasteiger partial charge >= 0.3 is 0 Å². The average molecular weight is 487 g/mol. The number of hydrogen-bond donors (Lipinski definition) is 1. The third-order valence-electron chi connectivity index (χ3n) is 4.28. The zero-order valence-electron chi connectivity index (χ0n) is 18.2. The number of carbonyl (C=O) groups is 2. The lowest BCUT2D eigenvalue weighted by molar-refractivity contribution is -0.385. The molecule has 34 heavy (non-hydrogen) atoms. The average Bonchev–Trinajstić information content (AvgIpc) is 2.78. The summed E-state index contributed by atoms with van der Waals surface area (Å²) >= 11 is 2.24. The second-order valence-electron chi connectivity index (χ2n) is 6.95. The third kappa shape index (κ3) is 7.01. The molecule has 0 unspecified atom stereocenters. The van der Waals surface area contributed by atoms with Crippen LogP contribution in [0.5, 0.6) is 0 Å². The number of nitrogens with two attached hydrogens (primary N) is 1. The molecule has 0 aliphatic carbocycles. The molecule has 0 bridgehead atoms. The minimum absolute atomic E-state index is 0.00824. The lowest BCUT2D eigenvalue weighted by Crippen LogP contribution is -1.98. The smallest absolute Gasteiger partial charge is 0.286 e. The molecule has 0 radical (unpaired) electrons. The number of benzene rings is 3. The van der Waals surface area contributed by atoms with Gasteiger partial charge in [0.2, 0.25) is 0 Å². The van der Waals surface area contributed by atoms with E-state index in [2.05, 4.69) is 23.7 Å². The van der Waals surface area contributed by atoms with Gasteiger partial charge in [0, 0.05) is 46.5 Å². The monoisotopic (exact) mass is 486 g/mol. The standard InChI is InChI=1S/C26H18N2O4S2/c1-17(29)33-23-11-5-19(6-12-23)3-9-21-16-26(28(31)32)22(15-25(21)27)10-4-20-7-13-24(14-8-20)34-18(2)30/h5-8,11-16H,27H2,1-2H3. The highest BCUT2D eigenvalue weighted by molar-refractivity contribution is 8.13. The number of carbonyl (C=O) groups excluding carboxylic acids is 2. The summed E-state index contributed by atoms with van der Waals surface area (Å²) in [6, 6.07) is 16.9. The van der Waals surface area contributed by atoms with Gasteiger partial charge in [-0.3, -0.25) is 19.7 Å². The van der Waals surface area contributed by atoms with Crippen LogP contribution >= 0.6 is 23.5 Å². The minimum atomic E-state index is -0.519. The molecule has 0 saturated carbocycles. The topological polar surface area (TPSA) is 103 Å². The van der Waals surface area contributed by atoms with Crippen molar-refractivity contribution in [1.29, 1.82) is 0 Å². The summed E-state index contributed by atoms with van der Waals surface area (Å²) in [4.78, 5) is 35.1. The van der Waals surface area contributed by atoms with Gasteiger partial charge in [-0.15, -0.1) is 0 Å². The van der Waals surface area contributed by atoms with E-state index < -0.39 is 4.92 Å². The van der Waals surface area contributed by atoms with E-state index in [4.69, 9.17) is 5.73 Å². The van der Waals surface area contributed by atoms with Crippen molar-refractivity contribution in [1.82, 2.24) is 0 Å². The zero-order valence-corrected chi connectivity index (χ0v) is 19.9. The van der Waals surface area contributed by atoms with Crippen molar-refractivity contribution in [3.63, 3.8) is 0 Å². The van der Waals surface area contributed by atoms with Crippen molar-refractivity contribution in [3.8, 4) is 23.7 Å². The van der Waals surface area contributed by atoms with Crippen LogP contribution in [-0.4, -0.2) is 15.2 Å². The van der Waals surface area contributed by atoms with Crippen LogP contribution in [0.2, 0.25) is 0 Å². The molecule has 6 nitrogen and oxygen atoms in total. The maximum absolute atomic E-state index is 11.6. The molecule has 0 amide bonds. The van der Waals surface area contributed by atoms with E-state index in [1.807, 2.05) is 0 Å². The number of rotatable bonds is 3. The number of nitrogens with zero attached hydrogens (tertiary/aromatic N) is 1. The lowest BCUT2D eigenvalue weighted by atomic mass is 10.1. The van der Waals surface area contributed by atoms with Crippen LogP contribution in [0.15, 0.2) is 70.5 Å². The number of thioether (sulfide) groups is 2. The van der Waals surface area contributed by atoms with Gasteiger partial charge in [0.25, 0.3) is 5.69 Å². The van der Waals surface area contributed by atoms with Crippen molar-refractivity contribution >= 4 is 45.1 Å². The maximum Gasteiger partial charge on any atom is 0.286 e. The van der Waals surface area contributed by atoms with Gasteiger partial charge in [-0.05, 0) is 54.6 Å². The first kappa shape index (κ1) is 24.7. The maximum atomic E-state index is 11.6. The van der Waals surface area contributed by atoms with Crippen LogP contribution in [0.1, 0.15) is 36.1 Å². The Morgan fingerprint density at radius 2 is 1.21 bits per heavy atom. The highest BCUT2D eigenvalue weighted by atomic mass is 32.2. The largest absolute Gasteiger partial charge is 0.398 e. The van der Waals surface area contributed by atoms with Gasteiger partial charge in [-0.25, -0.2) is 0 Å². The Balaban J connectivity index is 1.87. The molecule has 2 N–H and O–H groups in total. The Morgan fingerprint density at radius 1 is 0.765 bits per heavy atom. The van der Waals surface area contributed by atoms with E-state index in [1.165, 1.54) is 26.0 Å².